The Morgan fingerprint density at radius 1 is 1.17 bits per heavy atom. The molecule has 0 saturated carbocycles. The van der Waals surface area contributed by atoms with Gasteiger partial charge in [-0.1, -0.05) is 17.7 Å². The van der Waals surface area contributed by atoms with Crippen molar-refractivity contribution in [3.05, 3.63) is 45.9 Å². The van der Waals surface area contributed by atoms with Crippen molar-refractivity contribution in [2.24, 2.45) is 10.2 Å². The lowest BCUT2D eigenvalue weighted by atomic mass is 10.2. The fourth-order valence-corrected chi connectivity index (χ4v) is 1.92. The Morgan fingerprint density at radius 3 is 2.54 bits per heavy atom. The van der Waals surface area contributed by atoms with Crippen molar-refractivity contribution in [1.29, 1.82) is 0 Å². The Morgan fingerprint density at radius 2 is 1.88 bits per heavy atom. The first kappa shape index (κ1) is 17.6. The van der Waals surface area contributed by atoms with Crippen LogP contribution in [0.2, 0.25) is 0 Å². The van der Waals surface area contributed by atoms with Gasteiger partial charge in [-0.2, -0.15) is 5.11 Å². The van der Waals surface area contributed by atoms with Crippen LogP contribution in [0.4, 0.5) is 11.4 Å². The highest BCUT2D eigenvalue weighted by atomic mass is 16.6. The molecular formula is C16H20N4O4. The van der Waals surface area contributed by atoms with E-state index in [1.165, 1.54) is 11.6 Å². The molecule has 0 bridgehead atoms. The number of azo groups is 1. The maximum Gasteiger partial charge on any atom is 0.302 e. The zero-order valence-corrected chi connectivity index (χ0v) is 13.9. The Kier molecular flexibility index (Phi) is 6.02. The zero-order valence-electron chi connectivity index (χ0n) is 13.9. The predicted molar refractivity (Wildman–Crippen MR) is 87.7 cm³/mol. The molecule has 1 heterocycles. The van der Waals surface area contributed by atoms with Crippen molar-refractivity contribution in [3.8, 4) is 0 Å². The second kappa shape index (κ2) is 8.21. The van der Waals surface area contributed by atoms with Gasteiger partial charge in [0.2, 0.25) is 0 Å². The van der Waals surface area contributed by atoms with E-state index in [0.29, 0.717) is 11.4 Å². The summed E-state index contributed by atoms with van der Waals surface area (Å²) in [4.78, 5) is 22.9. The quantitative estimate of drug-likeness (QED) is 0.479. The summed E-state index contributed by atoms with van der Waals surface area (Å²) in [6, 6.07) is 7.51. The van der Waals surface area contributed by atoms with E-state index in [9.17, 15) is 9.59 Å². The van der Waals surface area contributed by atoms with Gasteiger partial charge in [-0.25, -0.2) is 4.68 Å². The number of rotatable bonds is 7. The topological polar surface area (TPSA) is 98.0 Å². The molecule has 8 nitrogen and oxygen atoms in total. The lowest BCUT2D eigenvalue weighted by molar-refractivity contribution is -0.142. The van der Waals surface area contributed by atoms with Gasteiger partial charge < -0.3 is 9.47 Å². The molecule has 1 aromatic heterocycles. The number of aromatic nitrogens is 2. The number of ether oxygens (including phenoxy) is 2. The van der Waals surface area contributed by atoms with Gasteiger partial charge in [-0.15, -0.1) is 5.11 Å². The number of aromatic amines is 1. The second-order valence-corrected chi connectivity index (χ2v) is 5.23. The summed E-state index contributed by atoms with van der Waals surface area (Å²) in [7, 11) is 0. The molecule has 0 saturated heterocycles. The van der Waals surface area contributed by atoms with Crippen LogP contribution in [0, 0.1) is 13.8 Å². The smallest absolute Gasteiger partial charge is 0.302 e. The van der Waals surface area contributed by atoms with Crippen LogP contribution in [-0.4, -0.2) is 29.0 Å². The monoisotopic (exact) mass is 332 g/mol. The van der Waals surface area contributed by atoms with Crippen molar-refractivity contribution in [1.82, 2.24) is 9.78 Å². The molecular weight excluding hydrogens is 312 g/mol. The van der Waals surface area contributed by atoms with Gasteiger partial charge in [-0.05, 0) is 26.0 Å². The van der Waals surface area contributed by atoms with Gasteiger partial charge in [0, 0.05) is 6.92 Å². The standard InChI is InChI=1S/C16H20N4O4/c1-11-4-6-14(7-5-11)17-18-15-12(2)19-20(16(15)22)10-23-8-9-24-13(3)21/h4-7,19H,8-10H2,1-3H3. The zero-order chi connectivity index (χ0) is 17.5. The van der Waals surface area contributed by atoms with Crippen LogP contribution in [0.5, 0.6) is 0 Å². The molecule has 1 aromatic carbocycles. The van der Waals surface area contributed by atoms with Crippen molar-refractivity contribution >= 4 is 17.3 Å². The summed E-state index contributed by atoms with van der Waals surface area (Å²) >= 11 is 0. The number of hydrogen-bond donors (Lipinski definition) is 1. The average molecular weight is 332 g/mol. The molecule has 0 radical (unpaired) electrons. The van der Waals surface area contributed by atoms with E-state index in [4.69, 9.17) is 9.47 Å². The molecule has 0 aliphatic carbocycles. The maximum atomic E-state index is 12.2. The molecule has 0 fully saturated rings. The molecule has 24 heavy (non-hydrogen) atoms. The Balaban J connectivity index is 1.99. The fraction of sp³-hybridized carbons (Fsp3) is 0.375. The van der Waals surface area contributed by atoms with Crippen LogP contribution >= 0.6 is 0 Å². The van der Waals surface area contributed by atoms with Crippen LogP contribution in [0.25, 0.3) is 0 Å². The van der Waals surface area contributed by atoms with E-state index in [1.807, 2.05) is 31.2 Å². The third-order valence-electron chi connectivity index (χ3n) is 3.16. The summed E-state index contributed by atoms with van der Waals surface area (Å²) in [5, 5.41) is 11.0. The Hall–Kier alpha value is -2.74. The SMILES string of the molecule is CC(=O)OCCOCn1[nH]c(C)c(N=Nc2ccc(C)cc2)c1=O. The Bertz CT molecular complexity index is 774. The minimum absolute atomic E-state index is 0.0149. The van der Waals surface area contributed by atoms with Crippen LogP contribution < -0.4 is 5.56 Å². The molecule has 0 aliphatic rings. The molecule has 128 valence electrons. The first-order valence-electron chi connectivity index (χ1n) is 7.46. The van der Waals surface area contributed by atoms with Crippen LogP contribution in [0.1, 0.15) is 18.2 Å². The van der Waals surface area contributed by atoms with Gasteiger partial charge in [0.15, 0.2) is 5.69 Å². The number of carbonyl (C=O) groups excluding carboxylic acids is 1. The minimum atomic E-state index is -0.370. The van der Waals surface area contributed by atoms with Gasteiger partial charge in [-0.3, -0.25) is 14.7 Å². The molecule has 0 spiro atoms. The number of carbonyl (C=O) groups is 1. The molecule has 8 heteroatoms. The van der Waals surface area contributed by atoms with Crippen LogP contribution in [0.3, 0.4) is 0 Å². The fourth-order valence-electron chi connectivity index (χ4n) is 1.92. The number of esters is 1. The van der Waals surface area contributed by atoms with E-state index >= 15 is 0 Å². The number of aryl methyl sites for hydroxylation is 2. The highest BCUT2D eigenvalue weighted by Gasteiger charge is 2.10. The van der Waals surface area contributed by atoms with Gasteiger partial charge >= 0.3 is 5.97 Å². The molecule has 0 unspecified atom stereocenters. The normalized spacial score (nSPS) is 11.1. The summed E-state index contributed by atoms with van der Waals surface area (Å²) in [6.07, 6.45) is 0. The minimum Gasteiger partial charge on any atom is -0.463 e. The maximum absolute atomic E-state index is 12.2. The van der Waals surface area contributed by atoms with Crippen molar-refractivity contribution in [2.45, 2.75) is 27.5 Å². The van der Waals surface area contributed by atoms with Gasteiger partial charge in [0.1, 0.15) is 13.3 Å². The first-order chi connectivity index (χ1) is 11.5. The van der Waals surface area contributed by atoms with Gasteiger partial charge in [0.25, 0.3) is 5.56 Å². The van der Waals surface area contributed by atoms with Crippen molar-refractivity contribution in [2.75, 3.05) is 13.2 Å². The lowest BCUT2D eigenvalue weighted by Crippen LogP contribution is -2.19. The Labute approximate surface area is 139 Å². The molecule has 1 N–H and O–H groups in total. The summed E-state index contributed by atoms with van der Waals surface area (Å²) in [5.41, 5.74) is 2.30. The van der Waals surface area contributed by atoms with Crippen LogP contribution in [0.15, 0.2) is 39.3 Å². The third-order valence-corrected chi connectivity index (χ3v) is 3.16. The molecule has 2 aromatic rings. The number of nitrogens with one attached hydrogen (secondary N) is 1. The van der Waals surface area contributed by atoms with Gasteiger partial charge in [0.05, 0.1) is 18.0 Å². The number of nitrogens with zero attached hydrogens (tertiary/aromatic N) is 3. The lowest BCUT2D eigenvalue weighted by Gasteiger charge is -2.04. The van der Waals surface area contributed by atoms with E-state index in [2.05, 4.69) is 15.3 Å². The molecule has 2 rings (SSSR count). The summed E-state index contributed by atoms with van der Waals surface area (Å²) in [6.45, 7) is 5.40. The largest absolute Gasteiger partial charge is 0.463 e. The van der Waals surface area contributed by atoms with E-state index in [-0.39, 0.29) is 37.2 Å². The number of benzene rings is 1. The first-order valence-corrected chi connectivity index (χ1v) is 7.46. The van der Waals surface area contributed by atoms with E-state index in [0.717, 1.165) is 5.56 Å². The van der Waals surface area contributed by atoms with Crippen molar-refractivity contribution in [3.63, 3.8) is 0 Å². The summed E-state index contributed by atoms with van der Waals surface area (Å²) < 4.78 is 11.3. The molecule has 0 amide bonds. The highest BCUT2D eigenvalue weighted by Crippen LogP contribution is 2.18. The number of hydrogen-bond acceptors (Lipinski definition) is 6. The predicted octanol–water partition coefficient (Wildman–Crippen LogP) is 2.75. The van der Waals surface area contributed by atoms with Crippen molar-refractivity contribution < 1.29 is 14.3 Å². The average Bonchev–Trinajstić information content (AvgIpc) is 2.80. The third kappa shape index (κ3) is 4.88. The van der Waals surface area contributed by atoms with E-state index in [1.54, 1.807) is 6.92 Å². The van der Waals surface area contributed by atoms with E-state index < -0.39 is 0 Å². The molecule has 0 atom stereocenters. The second-order valence-electron chi connectivity index (χ2n) is 5.23. The summed E-state index contributed by atoms with van der Waals surface area (Å²) in [5.74, 6) is -0.370. The van der Waals surface area contributed by atoms with Crippen LogP contribution in [-0.2, 0) is 21.0 Å². The number of H-pyrrole nitrogens is 1. The highest BCUT2D eigenvalue weighted by molar-refractivity contribution is 5.65. The molecule has 0 aliphatic heterocycles.